The molecule has 5 aromatic rings. The highest BCUT2D eigenvalue weighted by atomic mass is 35.5. The van der Waals surface area contributed by atoms with Crippen LogP contribution in [0.25, 0.3) is 33.9 Å². The third-order valence-electron chi connectivity index (χ3n) is 4.81. The maximum absolute atomic E-state index is 6.04. The third-order valence-corrected chi connectivity index (χ3v) is 5.05. The molecule has 0 radical (unpaired) electrons. The van der Waals surface area contributed by atoms with Crippen molar-refractivity contribution >= 4 is 34.6 Å². The number of aromatic nitrogens is 1. The summed E-state index contributed by atoms with van der Waals surface area (Å²) in [6.45, 7) is 2.01. The van der Waals surface area contributed by atoms with Gasteiger partial charge in [-0.3, -0.25) is 4.99 Å². The average Bonchev–Trinajstić information content (AvgIpc) is 3.39. The maximum atomic E-state index is 6.04. The molecule has 0 fully saturated rings. The summed E-state index contributed by atoms with van der Waals surface area (Å²) in [5.41, 5.74) is 5.28. The molecule has 0 aliphatic heterocycles. The van der Waals surface area contributed by atoms with Crippen LogP contribution in [0.4, 0.5) is 5.69 Å². The zero-order valence-corrected chi connectivity index (χ0v) is 16.9. The Morgan fingerprint density at radius 2 is 1.77 bits per heavy atom. The van der Waals surface area contributed by atoms with Gasteiger partial charge in [-0.25, -0.2) is 4.98 Å². The van der Waals surface area contributed by atoms with E-state index < -0.39 is 0 Å². The molecule has 0 atom stereocenters. The van der Waals surface area contributed by atoms with Gasteiger partial charge in [0.15, 0.2) is 5.58 Å². The number of oxazole rings is 1. The molecule has 2 aromatic heterocycles. The minimum absolute atomic E-state index is 0.598. The monoisotopic (exact) mass is 412 g/mol. The van der Waals surface area contributed by atoms with E-state index in [1.54, 1.807) is 6.21 Å². The largest absolute Gasteiger partial charge is 0.455 e. The number of halogens is 1. The topological polar surface area (TPSA) is 51.5 Å². The predicted molar refractivity (Wildman–Crippen MR) is 121 cm³/mol. The second kappa shape index (κ2) is 7.65. The van der Waals surface area contributed by atoms with E-state index in [1.807, 2.05) is 85.8 Å². The van der Waals surface area contributed by atoms with Crippen molar-refractivity contribution in [3.8, 4) is 22.8 Å². The number of hydrogen-bond acceptors (Lipinski definition) is 4. The zero-order chi connectivity index (χ0) is 20.5. The van der Waals surface area contributed by atoms with Crippen molar-refractivity contribution in [3.05, 3.63) is 95.2 Å². The van der Waals surface area contributed by atoms with E-state index in [0.717, 1.165) is 39.2 Å². The molecule has 0 spiro atoms. The van der Waals surface area contributed by atoms with Crippen LogP contribution in [0.5, 0.6) is 0 Å². The smallest absolute Gasteiger partial charge is 0.227 e. The number of nitrogens with zero attached hydrogens (tertiary/aromatic N) is 2. The highest BCUT2D eigenvalue weighted by Gasteiger charge is 2.09. The standard InChI is InChI=1S/C25H17ClN2O2/c1-16-13-18(26)7-10-21(16)23-12-9-20(29-23)15-27-19-8-11-24-22(14-19)28-25(30-24)17-5-3-2-4-6-17/h2-15H,1H3. The fourth-order valence-corrected chi connectivity index (χ4v) is 3.54. The van der Waals surface area contributed by atoms with Gasteiger partial charge >= 0.3 is 0 Å². The summed E-state index contributed by atoms with van der Waals surface area (Å²) in [5, 5.41) is 0.711. The van der Waals surface area contributed by atoms with Gasteiger partial charge in [-0.2, -0.15) is 0 Å². The molecule has 0 saturated heterocycles. The minimum atomic E-state index is 0.598. The van der Waals surface area contributed by atoms with E-state index in [9.17, 15) is 0 Å². The van der Waals surface area contributed by atoms with Crippen molar-refractivity contribution in [2.45, 2.75) is 6.92 Å². The second-order valence-electron chi connectivity index (χ2n) is 6.96. The lowest BCUT2D eigenvalue weighted by Crippen LogP contribution is -1.80. The summed E-state index contributed by atoms with van der Waals surface area (Å²) in [6, 6.07) is 25.1. The van der Waals surface area contributed by atoms with Crippen LogP contribution in [0.2, 0.25) is 5.02 Å². The first-order valence-electron chi connectivity index (χ1n) is 9.52. The summed E-state index contributed by atoms with van der Waals surface area (Å²) >= 11 is 6.04. The Bertz CT molecular complexity index is 1370. The second-order valence-corrected chi connectivity index (χ2v) is 7.39. The molecular formula is C25H17ClN2O2. The average molecular weight is 413 g/mol. The van der Waals surface area contributed by atoms with Gasteiger partial charge in [0.25, 0.3) is 0 Å². The van der Waals surface area contributed by atoms with Gasteiger partial charge in [0.2, 0.25) is 5.89 Å². The van der Waals surface area contributed by atoms with Gasteiger partial charge in [0.05, 0.1) is 11.9 Å². The fourth-order valence-electron chi connectivity index (χ4n) is 3.31. The molecule has 0 bridgehead atoms. The van der Waals surface area contributed by atoms with Crippen molar-refractivity contribution in [1.82, 2.24) is 4.98 Å². The van der Waals surface area contributed by atoms with Crippen LogP contribution in [0.3, 0.4) is 0 Å². The summed E-state index contributed by atoms with van der Waals surface area (Å²) < 4.78 is 11.8. The van der Waals surface area contributed by atoms with Crippen molar-refractivity contribution in [1.29, 1.82) is 0 Å². The van der Waals surface area contributed by atoms with Crippen LogP contribution in [0, 0.1) is 6.92 Å². The lowest BCUT2D eigenvalue weighted by molar-refractivity contribution is 0.575. The molecule has 0 aliphatic rings. The zero-order valence-electron chi connectivity index (χ0n) is 16.2. The Labute approximate surface area is 178 Å². The molecule has 0 unspecified atom stereocenters. The van der Waals surface area contributed by atoms with E-state index in [-0.39, 0.29) is 0 Å². The Kier molecular flexibility index (Phi) is 4.69. The molecule has 30 heavy (non-hydrogen) atoms. The molecule has 0 amide bonds. The number of benzene rings is 3. The molecule has 0 aliphatic carbocycles. The molecule has 4 nitrogen and oxygen atoms in total. The maximum Gasteiger partial charge on any atom is 0.227 e. The molecule has 0 N–H and O–H groups in total. The molecule has 2 heterocycles. The van der Waals surface area contributed by atoms with Gasteiger partial charge in [-0.15, -0.1) is 0 Å². The lowest BCUT2D eigenvalue weighted by Gasteiger charge is -2.02. The number of fused-ring (bicyclic) bond motifs is 1. The molecular weight excluding hydrogens is 396 g/mol. The minimum Gasteiger partial charge on any atom is -0.455 e. The summed E-state index contributed by atoms with van der Waals surface area (Å²) in [6.07, 6.45) is 1.70. The van der Waals surface area contributed by atoms with Crippen molar-refractivity contribution < 1.29 is 8.83 Å². The lowest BCUT2D eigenvalue weighted by atomic mass is 10.1. The van der Waals surface area contributed by atoms with Crippen molar-refractivity contribution in [2.24, 2.45) is 4.99 Å². The van der Waals surface area contributed by atoms with E-state index in [4.69, 9.17) is 20.4 Å². The summed E-state index contributed by atoms with van der Waals surface area (Å²) in [5.74, 6) is 2.05. The summed E-state index contributed by atoms with van der Waals surface area (Å²) in [4.78, 5) is 9.12. The molecule has 5 heteroatoms. The summed E-state index contributed by atoms with van der Waals surface area (Å²) in [7, 11) is 0. The van der Waals surface area contributed by atoms with Crippen LogP contribution in [0.1, 0.15) is 11.3 Å². The first-order chi connectivity index (χ1) is 14.7. The Hall–Kier alpha value is -3.63. The van der Waals surface area contributed by atoms with Crippen molar-refractivity contribution in [2.75, 3.05) is 0 Å². The molecule has 5 rings (SSSR count). The van der Waals surface area contributed by atoms with Crippen LogP contribution in [0.15, 0.2) is 92.7 Å². The predicted octanol–water partition coefficient (Wildman–Crippen LogP) is 7.47. The van der Waals surface area contributed by atoms with E-state index >= 15 is 0 Å². The van der Waals surface area contributed by atoms with Crippen LogP contribution in [-0.2, 0) is 0 Å². The van der Waals surface area contributed by atoms with Gasteiger partial charge in [-0.05, 0) is 73.2 Å². The molecule has 146 valence electrons. The number of aliphatic imine (C=N–C) groups is 1. The first-order valence-corrected chi connectivity index (χ1v) is 9.90. The normalized spacial score (nSPS) is 11.5. The van der Waals surface area contributed by atoms with E-state index in [0.29, 0.717) is 16.7 Å². The quantitative estimate of drug-likeness (QED) is 0.288. The van der Waals surface area contributed by atoms with E-state index in [1.165, 1.54) is 0 Å². The molecule has 0 saturated carbocycles. The van der Waals surface area contributed by atoms with Gasteiger partial charge < -0.3 is 8.83 Å². The SMILES string of the molecule is Cc1cc(Cl)ccc1-c1ccc(C=Nc2ccc3oc(-c4ccccc4)nc3c2)o1. The van der Waals surface area contributed by atoms with Crippen LogP contribution in [-0.4, -0.2) is 11.2 Å². The number of hydrogen-bond donors (Lipinski definition) is 0. The number of rotatable bonds is 4. The third kappa shape index (κ3) is 3.65. The Morgan fingerprint density at radius 1 is 0.900 bits per heavy atom. The first kappa shape index (κ1) is 18.4. The van der Waals surface area contributed by atoms with Crippen LogP contribution >= 0.6 is 11.6 Å². The fraction of sp³-hybridized carbons (Fsp3) is 0.0400. The highest BCUT2D eigenvalue weighted by molar-refractivity contribution is 6.30. The highest BCUT2D eigenvalue weighted by Crippen LogP contribution is 2.29. The number of furan rings is 1. The Balaban J connectivity index is 1.40. The number of aryl methyl sites for hydroxylation is 1. The van der Waals surface area contributed by atoms with E-state index in [2.05, 4.69) is 9.98 Å². The van der Waals surface area contributed by atoms with Gasteiger partial charge in [0.1, 0.15) is 17.0 Å². The van der Waals surface area contributed by atoms with Crippen LogP contribution < -0.4 is 0 Å². The van der Waals surface area contributed by atoms with Gasteiger partial charge in [0, 0.05) is 16.1 Å². The van der Waals surface area contributed by atoms with Crippen molar-refractivity contribution in [3.63, 3.8) is 0 Å². The Morgan fingerprint density at radius 3 is 2.60 bits per heavy atom. The molecule has 3 aromatic carbocycles. The van der Waals surface area contributed by atoms with Gasteiger partial charge in [-0.1, -0.05) is 29.8 Å².